The van der Waals surface area contributed by atoms with E-state index in [1.807, 2.05) is 19.0 Å². The Kier molecular flexibility index (Phi) is 5.17. The minimum Gasteiger partial charge on any atom is -0.444 e. The molecule has 0 N–H and O–H groups in total. The van der Waals surface area contributed by atoms with Crippen molar-refractivity contribution in [2.75, 3.05) is 26.0 Å². The van der Waals surface area contributed by atoms with Crippen molar-refractivity contribution in [3.63, 3.8) is 0 Å². The molecule has 6 nitrogen and oxygen atoms in total. The van der Waals surface area contributed by atoms with Crippen molar-refractivity contribution in [2.24, 2.45) is 0 Å². The first-order valence-corrected chi connectivity index (χ1v) is 7.08. The number of carbonyl (C=O) groups excluding carboxylic acids is 2. The van der Waals surface area contributed by atoms with Gasteiger partial charge in [0.15, 0.2) is 0 Å². The van der Waals surface area contributed by atoms with Crippen LogP contribution in [0.3, 0.4) is 0 Å². The fourth-order valence-corrected chi connectivity index (χ4v) is 1.81. The van der Waals surface area contributed by atoms with Gasteiger partial charge in [-0.15, -0.1) is 0 Å². The van der Waals surface area contributed by atoms with Crippen molar-refractivity contribution in [1.29, 1.82) is 0 Å². The first kappa shape index (κ1) is 17.9. The molecule has 0 saturated carbocycles. The lowest BCUT2D eigenvalue weighted by Gasteiger charge is -2.35. The van der Waals surface area contributed by atoms with Crippen molar-refractivity contribution < 1.29 is 14.3 Å². The molecule has 1 atom stereocenters. The summed E-state index contributed by atoms with van der Waals surface area (Å²) in [7, 11) is 5.31. The molecule has 0 aliphatic heterocycles. The minimum absolute atomic E-state index is 0.557. The maximum atomic E-state index is 12.2. The first-order valence-electron chi connectivity index (χ1n) is 7.08. The predicted molar refractivity (Wildman–Crippen MR) is 86.0 cm³/mol. The van der Waals surface area contributed by atoms with Crippen molar-refractivity contribution in [1.82, 2.24) is 9.88 Å². The highest BCUT2D eigenvalue weighted by Gasteiger charge is 2.37. The number of carbonyl (C=O) groups is 2. The van der Waals surface area contributed by atoms with Crippen molar-refractivity contribution in [3.05, 3.63) is 23.9 Å². The van der Waals surface area contributed by atoms with Gasteiger partial charge in [0.05, 0.1) is 0 Å². The monoisotopic (exact) mass is 307 g/mol. The maximum absolute atomic E-state index is 12.2. The third-order valence-electron chi connectivity index (χ3n) is 3.38. The number of anilines is 1. The van der Waals surface area contributed by atoms with Gasteiger partial charge in [-0.05, 0) is 33.8 Å². The highest BCUT2D eigenvalue weighted by atomic mass is 16.6. The lowest BCUT2D eigenvalue weighted by molar-refractivity contribution is -0.117. The summed E-state index contributed by atoms with van der Waals surface area (Å²) in [6.45, 7) is 7.01. The molecule has 0 bridgehead atoms. The number of nitrogens with zero attached hydrogens (tertiary/aromatic N) is 3. The topological polar surface area (TPSA) is 62.7 Å². The average Bonchev–Trinajstić information content (AvgIpc) is 2.43. The summed E-state index contributed by atoms with van der Waals surface area (Å²) in [4.78, 5) is 31.3. The van der Waals surface area contributed by atoms with E-state index in [2.05, 4.69) is 4.98 Å². The number of hydrogen-bond acceptors (Lipinski definition) is 5. The van der Waals surface area contributed by atoms with E-state index in [9.17, 15) is 9.59 Å². The molecule has 0 aromatic carbocycles. The molecular weight excluding hydrogens is 282 g/mol. The number of pyridine rings is 1. The normalized spacial score (nSPS) is 14.0. The van der Waals surface area contributed by atoms with E-state index in [1.54, 1.807) is 53.1 Å². The molecule has 0 radical (unpaired) electrons. The van der Waals surface area contributed by atoms with Gasteiger partial charge in [0, 0.05) is 32.9 Å². The van der Waals surface area contributed by atoms with Gasteiger partial charge in [0.2, 0.25) is 0 Å². The van der Waals surface area contributed by atoms with E-state index in [-0.39, 0.29) is 0 Å². The van der Waals surface area contributed by atoms with Crippen molar-refractivity contribution in [3.8, 4) is 0 Å². The van der Waals surface area contributed by atoms with Crippen LogP contribution < -0.4 is 4.90 Å². The van der Waals surface area contributed by atoms with E-state index < -0.39 is 17.2 Å². The molecule has 0 fully saturated rings. The van der Waals surface area contributed by atoms with Crippen molar-refractivity contribution in [2.45, 2.75) is 38.8 Å². The van der Waals surface area contributed by atoms with Gasteiger partial charge in [0.25, 0.3) is 0 Å². The molecule has 1 heterocycles. The van der Waals surface area contributed by atoms with Crippen LogP contribution in [0.2, 0.25) is 0 Å². The molecule has 0 aliphatic carbocycles. The number of likely N-dealkylation sites (N-methyl/N-ethyl adjacent to an activating group) is 1. The molecule has 1 unspecified atom stereocenters. The maximum Gasteiger partial charge on any atom is 0.411 e. The molecule has 0 aliphatic rings. The van der Waals surface area contributed by atoms with E-state index in [0.29, 0.717) is 5.56 Å². The quantitative estimate of drug-likeness (QED) is 0.799. The van der Waals surface area contributed by atoms with Crippen LogP contribution in [0.15, 0.2) is 18.3 Å². The third-order valence-corrected chi connectivity index (χ3v) is 3.38. The zero-order chi connectivity index (χ0) is 17.1. The van der Waals surface area contributed by atoms with E-state index >= 15 is 0 Å². The molecule has 0 spiro atoms. The van der Waals surface area contributed by atoms with Gasteiger partial charge in [-0.1, -0.05) is 6.07 Å². The SMILES string of the molecule is CN(C)c1ccc(C(C)(C=O)N(C)C(=O)OC(C)(C)C)cn1. The van der Waals surface area contributed by atoms with E-state index in [1.165, 1.54) is 4.90 Å². The summed E-state index contributed by atoms with van der Waals surface area (Å²) >= 11 is 0. The largest absolute Gasteiger partial charge is 0.444 e. The van der Waals surface area contributed by atoms with Crippen LogP contribution in [-0.2, 0) is 15.1 Å². The Bertz CT molecular complexity index is 535. The van der Waals surface area contributed by atoms with Gasteiger partial charge in [-0.2, -0.15) is 0 Å². The Morgan fingerprint density at radius 3 is 2.14 bits per heavy atom. The molecule has 6 heteroatoms. The van der Waals surface area contributed by atoms with Crippen LogP contribution in [0.1, 0.15) is 33.3 Å². The summed E-state index contributed by atoms with van der Waals surface area (Å²) in [5, 5.41) is 0. The van der Waals surface area contributed by atoms with Crippen molar-refractivity contribution >= 4 is 18.2 Å². The first-order chi connectivity index (χ1) is 10.0. The highest BCUT2D eigenvalue weighted by molar-refractivity contribution is 5.77. The Hall–Kier alpha value is -2.11. The summed E-state index contributed by atoms with van der Waals surface area (Å²) in [5.74, 6) is 0.775. The molecule has 0 saturated heterocycles. The molecule has 22 heavy (non-hydrogen) atoms. The van der Waals surface area contributed by atoms with Crippen LogP contribution in [0.25, 0.3) is 0 Å². The second-order valence-corrected chi connectivity index (χ2v) is 6.60. The molecule has 1 aromatic heterocycles. The Morgan fingerprint density at radius 1 is 1.18 bits per heavy atom. The van der Waals surface area contributed by atoms with Gasteiger partial charge < -0.3 is 14.4 Å². The zero-order valence-electron chi connectivity index (χ0n) is 14.4. The average molecular weight is 307 g/mol. The minimum atomic E-state index is -1.14. The third kappa shape index (κ3) is 3.96. The zero-order valence-corrected chi connectivity index (χ0v) is 14.4. The van der Waals surface area contributed by atoms with Gasteiger partial charge in [-0.3, -0.25) is 4.90 Å². The molecule has 1 rings (SSSR count). The Balaban J connectivity index is 3.09. The number of ether oxygens (including phenoxy) is 1. The van der Waals surface area contributed by atoms with Crippen LogP contribution >= 0.6 is 0 Å². The lowest BCUT2D eigenvalue weighted by atomic mass is 9.94. The summed E-state index contributed by atoms with van der Waals surface area (Å²) in [6.07, 6.45) is 1.77. The van der Waals surface area contributed by atoms with E-state index in [0.717, 1.165) is 12.1 Å². The standard InChI is InChI=1S/C16H25N3O3/c1-15(2,3)22-14(21)19(7)16(4,11-20)12-8-9-13(17-10-12)18(5)6/h8-11H,1-7H3. The lowest BCUT2D eigenvalue weighted by Crippen LogP contribution is -2.48. The predicted octanol–water partition coefficient (Wildman–Crippen LogP) is 2.43. The van der Waals surface area contributed by atoms with Crippen LogP contribution in [-0.4, -0.2) is 49.0 Å². The van der Waals surface area contributed by atoms with Crippen LogP contribution in [0.4, 0.5) is 10.6 Å². The molecular formula is C16H25N3O3. The summed E-state index contributed by atoms with van der Waals surface area (Å²) in [5.41, 5.74) is -1.14. The number of amides is 1. The Morgan fingerprint density at radius 2 is 1.77 bits per heavy atom. The Labute approximate surface area is 132 Å². The van der Waals surface area contributed by atoms with Gasteiger partial charge in [0.1, 0.15) is 23.2 Å². The molecule has 1 amide bonds. The summed E-state index contributed by atoms with van der Waals surface area (Å²) < 4.78 is 5.33. The van der Waals surface area contributed by atoms with Crippen LogP contribution in [0.5, 0.6) is 0 Å². The highest BCUT2D eigenvalue weighted by Crippen LogP contribution is 2.27. The number of aldehydes is 1. The molecule has 122 valence electrons. The number of rotatable bonds is 4. The van der Waals surface area contributed by atoms with E-state index in [4.69, 9.17) is 4.74 Å². The summed E-state index contributed by atoms with van der Waals surface area (Å²) in [6, 6.07) is 3.59. The van der Waals surface area contributed by atoms with Crippen LogP contribution in [0, 0.1) is 0 Å². The molecule has 1 aromatic rings. The second-order valence-electron chi connectivity index (χ2n) is 6.60. The fraction of sp³-hybridized carbons (Fsp3) is 0.562. The van der Waals surface area contributed by atoms with Gasteiger partial charge in [-0.25, -0.2) is 9.78 Å². The fourth-order valence-electron chi connectivity index (χ4n) is 1.81. The number of aromatic nitrogens is 1. The second kappa shape index (κ2) is 6.34. The number of hydrogen-bond donors (Lipinski definition) is 0. The van der Waals surface area contributed by atoms with Gasteiger partial charge >= 0.3 is 6.09 Å². The smallest absolute Gasteiger partial charge is 0.411 e.